The minimum Gasteiger partial charge on any atom is -0.456 e. The molecule has 0 bridgehead atoms. The predicted molar refractivity (Wildman–Crippen MR) is 64.4 cm³/mol. The zero-order valence-electron chi connectivity index (χ0n) is 10.5. The third kappa shape index (κ3) is 3.81. The highest BCUT2D eigenvalue weighted by Gasteiger charge is 2.22. The largest absolute Gasteiger partial charge is 0.456 e. The molecule has 98 valence electrons. The van der Waals surface area contributed by atoms with Crippen molar-refractivity contribution < 1.29 is 20.2 Å². The van der Waals surface area contributed by atoms with Gasteiger partial charge in [0.25, 0.3) is 5.69 Å². The van der Waals surface area contributed by atoms with Crippen LogP contribution in [-0.2, 0) is 16.1 Å². The van der Waals surface area contributed by atoms with E-state index in [2.05, 4.69) is 5.73 Å². The zero-order chi connectivity index (χ0) is 13.7. The van der Waals surface area contributed by atoms with Crippen molar-refractivity contribution in [2.24, 2.45) is 5.92 Å². The summed E-state index contributed by atoms with van der Waals surface area (Å²) in [5, 5.41) is 10.5. The third-order valence-corrected chi connectivity index (χ3v) is 2.64. The second-order valence-corrected chi connectivity index (χ2v) is 4.38. The molecule has 0 unspecified atom stereocenters. The molecule has 1 rings (SSSR count). The topological polar surface area (TPSA) is 97.1 Å². The minimum absolute atomic E-state index is 0.0160. The number of benzene rings is 1. The number of nitro groups is 1. The molecule has 6 nitrogen and oxygen atoms in total. The lowest BCUT2D eigenvalue weighted by atomic mass is 10.1. The van der Waals surface area contributed by atoms with Gasteiger partial charge in [-0.15, -0.1) is 0 Å². The number of esters is 1. The van der Waals surface area contributed by atoms with Gasteiger partial charge in [0.1, 0.15) is 6.61 Å². The maximum atomic E-state index is 11.5. The van der Waals surface area contributed by atoms with E-state index in [4.69, 9.17) is 4.74 Å². The Morgan fingerprint density at radius 1 is 1.39 bits per heavy atom. The van der Waals surface area contributed by atoms with Crippen LogP contribution in [0.2, 0.25) is 0 Å². The van der Waals surface area contributed by atoms with Crippen LogP contribution in [0.5, 0.6) is 0 Å². The molecular formula is C12H17N2O4+. The summed E-state index contributed by atoms with van der Waals surface area (Å²) >= 11 is 0. The zero-order valence-corrected chi connectivity index (χ0v) is 10.5. The second kappa shape index (κ2) is 6.11. The molecule has 3 N–H and O–H groups in total. The van der Waals surface area contributed by atoms with E-state index >= 15 is 0 Å². The van der Waals surface area contributed by atoms with Gasteiger partial charge >= 0.3 is 5.97 Å². The van der Waals surface area contributed by atoms with Crippen LogP contribution >= 0.6 is 0 Å². The molecule has 0 fully saturated rings. The first-order valence-electron chi connectivity index (χ1n) is 5.65. The number of carbonyl (C=O) groups excluding carboxylic acids is 1. The molecule has 0 aromatic heterocycles. The number of quaternary nitrogens is 1. The van der Waals surface area contributed by atoms with Gasteiger partial charge in [0.15, 0.2) is 6.04 Å². The van der Waals surface area contributed by atoms with Gasteiger partial charge in [-0.3, -0.25) is 10.1 Å². The fourth-order valence-corrected chi connectivity index (χ4v) is 1.25. The quantitative estimate of drug-likeness (QED) is 0.479. The SMILES string of the molecule is CC(C)[C@H]([NH3+])C(=O)OCc1ccc([N+](=O)[O-])cc1. The molecule has 1 aromatic carbocycles. The predicted octanol–water partition coefficient (Wildman–Crippen LogP) is 0.904. The molecule has 0 amide bonds. The lowest BCUT2D eigenvalue weighted by Crippen LogP contribution is -2.67. The summed E-state index contributed by atoms with van der Waals surface area (Å²) in [5.41, 5.74) is 4.45. The fraction of sp³-hybridized carbons (Fsp3) is 0.417. The summed E-state index contributed by atoms with van der Waals surface area (Å²) in [6.45, 7) is 3.89. The Hall–Kier alpha value is -1.95. The van der Waals surface area contributed by atoms with E-state index in [0.29, 0.717) is 5.56 Å². The van der Waals surface area contributed by atoms with Crippen molar-refractivity contribution in [1.82, 2.24) is 0 Å². The van der Waals surface area contributed by atoms with E-state index < -0.39 is 11.0 Å². The molecule has 0 spiro atoms. The number of nitrogens with zero attached hydrogens (tertiary/aromatic N) is 1. The number of hydrogen-bond donors (Lipinski definition) is 1. The standard InChI is InChI=1S/C12H16N2O4/c1-8(2)11(13)12(15)18-7-9-3-5-10(6-4-9)14(16)17/h3-6,8,11H,7,13H2,1-2H3/p+1/t11-/m0/s1. The van der Waals surface area contributed by atoms with Crippen molar-refractivity contribution >= 4 is 11.7 Å². The van der Waals surface area contributed by atoms with Crippen LogP contribution in [0.4, 0.5) is 5.69 Å². The lowest BCUT2D eigenvalue weighted by molar-refractivity contribution is -0.418. The van der Waals surface area contributed by atoms with Gasteiger partial charge in [-0.2, -0.15) is 0 Å². The lowest BCUT2D eigenvalue weighted by Gasteiger charge is -2.11. The molecule has 6 heteroatoms. The normalized spacial score (nSPS) is 12.2. The van der Waals surface area contributed by atoms with Crippen molar-refractivity contribution in [3.8, 4) is 0 Å². The number of carbonyl (C=O) groups is 1. The average Bonchev–Trinajstić information content (AvgIpc) is 2.35. The molecule has 0 saturated carbocycles. The van der Waals surface area contributed by atoms with Crippen LogP contribution in [0.15, 0.2) is 24.3 Å². The summed E-state index contributed by atoms with van der Waals surface area (Å²) in [6.07, 6.45) is 0. The maximum Gasteiger partial charge on any atom is 0.365 e. The molecule has 0 aliphatic heterocycles. The molecule has 1 atom stereocenters. The molecular weight excluding hydrogens is 236 g/mol. The van der Waals surface area contributed by atoms with E-state index in [9.17, 15) is 14.9 Å². The summed E-state index contributed by atoms with van der Waals surface area (Å²) in [7, 11) is 0. The summed E-state index contributed by atoms with van der Waals surface area (Å²) in [6, 6.07) is 5.50. The average molecular weight is 253 g/mol. The number of ether oxygens (including phenoxy) is 1. The summed E-state index contributed by atoms with van der Waals surface area (Å²) < 4.78 is 5.08. The Labute approximate surface area is 105 Å². The highest BCUT2D eigenvalue weighted by molar-refractivity contribution is 5.74. The molecule has 0 aliphatic carbocycles. The maximum absolute atomic E-state index is 11.5. The van der Waals surface area contributed by atoms with Gasteiger partial charge in [0.05, 0.1) is 4.92 Å². The van der Waals surface area contributed by atoms with Crippen molar-refractivity contribution in [2.75, 3.05) is 0 Å². The fourth-order valence-electron chi connectivity index (χ4n) is 1.25. The first kappa shape index (κ1) is 14.1. The van der Waals surface area contributed by atoms with Crippen molar-refractivity contribution in [2.45, 2.75) is 26.5 Å². The minimum atomic E-state index is -0.472. The first-order chi connectivity index (χ1) is 8.41. The molecule has 18 heavy (non-hydrogen) atoms. The van der Waals surface area contributed by atoms with Crippen molar-refractivity contribution in [1.29, 1.82) is 0 Å². The molecule has 1 aromatic rings. The first-order valence-corrected chi connectivity index (χ1v) is 5.65. The number of hydrogen-bond acceptors (Lipinski definition) is 4. The van der Waals surface area contributed by atoms with Gasteiger partial charge in [-0.25, -0.2) is 4.79 Å². The Kier molecular flexibility index (Phi) is 4.79. The van der Waals surface area contributed by atoms with Gasteiger partial charge in [-0.05, 0) is 17.7 Å². The summed E-state index contributed by atoms with van der Waals surface area (Å²) in [4.78, 5) is 21.5. The van der Waals surface area contributed by atoms with E-state index in [1.165, 1.54) is 12.1 Å². The Balaban J connectivity index is 2.54. The van der Waals surface area contributed by atoms with Crippen molar-refractivity contribution in [3.63, 3.8) is 0 Å². The second-order valence-electron chi connectivity index (χ2n) is 4.38. The smallest absolute Gasteiger partial charge is 0.365 e. The third-order valence-electron chi connectivity index (χ3n) is 2.64. The van der Waals surface area contributed by atoms with Crippen LogP contribution in [0.25, 0.3) is 0 Å². The number of nitro benzene ring substituents is 1. The van der Waals surface area contributed by atoms with E-state index in [1.807, 2.05) is 13.8 Å². The number of rotatable bonds is 5. The van der Waals surface area contributed by atoms with Crippen LogP contribution in [0.1, 0.15) is 19.4 Å². The van der Waals surface area contributed by atoms with Gasteiger partial charge in [0, 0.05) is 18.1 Å². The van der Waals surface area contributed by atoms with E-state index in [0.717, 1.165) is 0 Å². The molecule has 0 saturated heterocycles. The van der Waals surface area contributed by atoms with Crippen LogP contribution in [-0.4, -0.2) is 16.9 Å². The Morgan fingerprint density at radius 3 is 2.39 bits per heavy atom. The Morgan fingerprint density at radius 2 is 1.94 bits per heavy atom. The van der Waals surface area contributed by atoms with Gasteiger partial charge in [-0.1, -0.05) is 13.8 Å². The van der Waals surface area contributed by atoms with Crippen molar-refractivity contribution in [3.05, 3.63) is 39.9 Å². The van der Waals surface area contributed by atoms with Gasteiger partial charge < -0.3 is 10.5 Å². The van der Waals surface area contributed by atoms with E-state index in [1.54, 1.807) is 12.1 Å². The van der Waals surface area contributed by atoms with Crippen LogP contribution in [0.3, 0.4) is 0 Å². The monoisotopic (exact) mass is 253 g/mol. The molecule has 0 radical (unpaired) electrons. The van der Waals surface area contributed by atoms with Crippen LogP contribution < -0.4 is 5.73 Å². The number of non-ortho nitro benzene ring substituents is 1. The Bertz CT molecular complexity index is 428. The van der Waals surface area contributed by atoms with Gasteiger partial charge in [0.2, 0.25) is 0 Å². The highest BCUT2D eigenvalue weighted by atomic mass is 16.6. The summed E-state index contributed by atoms with van der Waals surface area (Å²) in [5.74, 6) is -0.238. The van der Waals surface area contributed by atoms with Crippen LogP contribution in [0, 0.1) is 16.0 Å². The molecule has 0 heterocycles. The molecule has 0 aliphatic rings. The highest BCUT2D eigenvalue weighted by Crippen LogP contribution is 2.12. The van der Waals surface area contributed by atoms with E-state index in [-0.39, 0.29) is 24.2 Å².